The van der Waals surface area contributed by atoms with Crippen LogP contribution in [0.5, 0.6) is 0 Å². The Morgan fingerprint density at radius 3 is 2.29 bits per heavy atom. The first-order chi connectivity index (χ1) is 6.33. The van der Waals surface area contributed by atoms with Crippen molar-refractivity contribution in [2.45, 2.75) is 32.3 Å². The number of methoxy groups -OCH3 is 1. The maximum atomic E-state index is 11.4. The van der Waals surface area contributed by atoms with Gasteiger partial charge in [0.25, 0.3) is 0 Å². The number of nitrogens with two attached hydrogens (primary N) is 1. The molecule has 2 N–H and O–H groups in total. The van der Waals surface area contributed by atoms with Crippen LogP contribution < -0.4 is 5.73 Å². The van der Waals surface area contributed by atoms with Gasteiger partial charge in [-0.3, -0.25) is 0 Å². The Hall–Kier alpha value is -0.130. The Balaban J connectivity index is 4.00. The average Bonchev–Trinajstić information content (AvgIpc) is 2.12. The molecule has 0 aromatic rings. The maximum Gasteiger partial charge on any atom is 0.150 e. The molecule has 0 heterocycles. The Kier molecular flexibility index (Phi) is 5.63. The van der Waals surface area contributed by atoms with E-state index in [1.807, 2.05) is 13.8 Å². The average molecular weight is 223 g/mol. The molecule has 0 amide bonds. The van der Waals surface area contributed by atoms with E-state index in [4.69, 9.17) is 10.5 Å². The zero-order valence-electron chi connectivity index (χ0n) is 9.25. The molecule has 0 atom stereocenters. The zero-order chi connectivity index (χ0) is 11.2. The van der Waals surface area contributed by atoms with Gasteiger partial charge >= 0.3 is 0 Å². The van der Waals surface area contributed by atoms with Crippen molar-refractivity contribution < 1.29 is 13.2 Å². The highest BCUT2D eigenvalue weighted by atomic mass is 32.2. The van der Waals surface area contributed by atoms with Gasteiger partial charge in [0.2, 0.25) is 0 Å². The largest absolute Gasteiger partial charge is 0.379 e. The van der Waals surface area contributed by atoms with Crippen LogP contribution in [-0.2, 0) is 14.6 Å². The van der Waals surface area contributed by atoms with E-state index < -0.39 is 9.84 Å². The highest BCUT2D eigenvalue weighted by Gasteiger charge is 2.20. The summed E-state index contributed by atoms with van der Waals surface area (Å²) in [7, 11) is -1.36. The number of sulfone groups is 1. The van der Waals surface area contributed by atoms with Gasteiger partial charge in [0.1, 0.15) is 9.84 Å². The van der Waals surface area contributed by atoms with E-state index in [1.165, 1.54) is 0 Å². The molecule has 4 nitrogen and oxygen atoms in total. The minimum Gasteiger partial charge on any atom is -0.379 e. The molecule has 5 heteroatoms. The summed E-state index contributed by atoms with van der Waals surface area (Å²) in [6, 6.07) is 0. The Morgan fingerprint density at radius 2 is 1.86 bits per heavy atom. The fourth-order valence-corrected chi connectivity index (χ4v) is 2.52. The summed E-state index contributed by atoms with van der Waals surface area (Å²) in [6.07, 6.45) is 1.06. The van der Waals surface area contributed by atoms with E-state index >= 15 is 0 Å². The molecule has 0 aliphatic carbocycles. The normalized spacial score (nSPS) is 13.1. The van der Waals surface area contributed by atoms with E-state index in [2.05, 4.69) is 0 Å². The molecule has 14 heavy (non-hydrogen) atoms. The van der Waals surface area contributed by atoms with Crippen molar-refractivity contribution in [3.05, 3.63) is 0 Å². The second-order valence-corrected chi connectivity index (χ2v) is 6.31. The number of hydrogen-bond acceptors (Lipinski definition) is 4. The molecule has 0 aliphatic heterocycles. The predicted molar refractivity (Wildman–Crippen MR) is 58.0 cm³/mol. The molecule has 0 radical (unpaired) electrons. The summed E-state index contributed by atoms with van der Waals surface area (Å²) < 4.78 is 28.0. The van der Waals surface area contributed by atoms with Crippen molar-refractivity contribution >= 4 is 9.84 Å². The van der Waals surface area contributed by atoms with Crippen molar-refractivity contribution in [2.75, 3.05) is 25.2 Å². The van der Waals surface area contributed by atoms with Crippen LogP contribution in [-0.4, -0.2) is 39.2 Å². The first kappa shape index (κ1) is 13.9. The smallest absolute Gasteiger partial charge is 0.150 e. The number of ether oxygens (including phenoxy) is 1. The van der Waals surface area contributed by atoms with Gasteiger partial charge in [0.15, 0.2) is 0 Å². The summed E-state index contributed by atoms with van der Waals surface area (Å²) in [5, 5.41) is 0. The van der Waals surface area contributed by atoms with Crippen LogP contribution in [0.1, 0.15) is 26.7 Å². The van der Waals surface area contributed by atoms with Crippen LogP contribution in [0.25, 0.3) is 0 Å². The van der Waals surface area contributed by atoms with Crippen molar-refractivity contribution in [3.63, 3.8) is 0 Å². The van der Waals surface area contributed by atoms with E-state index in [0.29, 0.717) is 19.4 Å². The molecule has 86 valence electrons. The lowest BCUT2D eigenvalue weighted by Crippen LogP contribution is -2.27. The molecule has 0 rings (SSSR count). The molecule has 0 aromatic heterocycles. The molecule has 0 aromatic carbocycles. The number of hydrogen-bond donors (Lipinski definition) is 1. The molecule has 0 unspecified atom stereocenters. The first-order valence-corrected chi connectivity index (χ1v) is 6.61. The van der Waals surface area contributed by atoms with Gasteiger partial charge in [-0.05, 0) is 33.2 Å². The molecule has 0 saturated carbocycles. The van der Waals surface area contributed by atoms with Crippen LogP contribution in [0.3, 0.4) is 0 Å². The highest BCUT2D eigenvalue weighted by molar-refractivity contribution is 7.91. The van der Waals surface area contributed by atoms with Crippen molar-refractivity contribution in [1.29, 1.82) is 0 Å². The first-order valence-electron chi connectivity index (χ1n) is 4.78. The van der Waals surface area contributed by atoms with E-state index in [9.17, 15) is 8.42 Å². The van der Waals surface area contributed by atoms with E-state index in [1.54, 1.807) is 7.11 Å². The van der Waals surface area contributed by atoms with Crippen LogP contribution in [0, 0.1) is 0 Å². The Bertz CT molecular complexity index is 247. The molecule has 0 saturated heterocycles. The van der Waals surface area contributed by atoms with E-state index in [0.717, 1.165) is 0 Å². The summed E-state index contributed by atoms with van der Waals surface area (Å²) in [5.41, 5.74) is 4.89. The number of rotatable bonds is 7. The van der Waals surface area contributed by atoms with Gasteiger partial charge in [-0.25, -0.2) is 8.42 Å². The summed E-state index contributed by atoms with van der Waals surface area (Å²) in [6.45, 7) is 4.18. The maximum absolute atomic E-state index is 11.4. The lowest BCUT2D eigenvalue weighted by atomic mass is 10.1. The highest BCUT2D eigenvalue weighted by Crippen LogP contribution is 2.14. The zero-order valence-corrected chi connectivity index (χ0v) is 10.1. The topological polar surface area (TPSA) is 69.4 Å². The Morgan fingerprint density at radius 1 is 1.29 bits per heavy atom. The van der Waals surface area contributed by atoms with Crippen molar-refractivity contribution in [2.24, 2.45) is 5.73 Å². The Labute approximate surface area is 86.7 Å². The van der Waals surface area contributed by atoms with Gasteiger partial charge in [-0.2, -0.15) is 0 Å². The van der Waals surface area contributed by atoms with Crippen LogP contribution in [0.4, 0.5) is 0 Å². The minimum atomic E-state index is -2.95. The third kappa shape index (κ3) is 6.34. The minimum absolute atomic E-state index is 0.174. The monoisotopic (exact) mass is 223 g/mol. The molecule has 0 aliphatic rings. The molecular weight excluding hydrogens is 202 g/mol. The quantitative estimate of drug-likeness (QED) is 0.685. The van der Waals surface area contributed by atoms with Crippen LogP contribution in [0.2, 0.25) is 0 Å². The van der Waals surface area contributed by atoms with Crippen LogP contribution in [0.15, 0.2) is 0 Å². The second-order valence-electron chi connectivity index (χ2n) is 4.01. The lowest BCUT2D eigenvalue weighted by molar-refractivity contribution is 0.0203. The predicted octanol–water partition coefficient (Wildman–Crippen LogP) is 0.565. The van der Waals surface area contributed by atoms with Gasteiger partial charge < -0.3 is 10.5 Å². The van der Waals surface area contributed by atoms with Gasteiger partial charge in [0.05, 0.1) is 17.1 Å². The lowest BCUT2D eigenvalue weighted by Gasteiger charge is -2.22. The SMILES string of the molecule is COC(C)(C)CCS(=O)(=O)CCCN. The molecule has 0 spiro atoms. The van der Waals surface area contributed by atoms with E-state index in [-0.39, 0.29) is 17.1 Å². The van der Waals surface area contributed by atoms with Crippen LogP contribution >= 0.6 is 0 Å². The summed E-state index contributed by atoms with van der Waals surface area (Å²) in [5.74, 6) is 0.358. The second kappa shape index (κ2) is 5.68. The third-order valence-corrected chi connectivity index (χ3v) is 3.96. The molecule has 0 bridgehead atoms. The standard InChI is InChI=1S/C9H21NO3S/c1-9(2,13-3)5-8-14(11,12)7-4-6-10/h4-8,10H2,1-3H3. The van der Waals surface area contributed by atoms with Gasteiger partial charge in [-0.15, -0.1) is 0 Å². The van der Waals surface area contributed by atoms with Gasteiger partial charge in [-0.1, -0.05) is 0 Å². The van der Waals surface area contributed by atoms with Crippen molar-refractivity contribution in [3.8, 4) is 0 Å². The molecular formula is C9H21NO3S. The summed E-state index contributed by atoms with van der Waals surface area (Å²) >= 11 is 0. The third-order valence-electron chi connectivity index (χ3n) is 2.23. The van der Waals surface area contributed by atoms with Gasteiger partial charge in [0, 0.05) is 7.11 Å². The van der Waals surface area contributed by atoms with Crippen molar-refractivity contribution in [1.82, 2.24) is 0 Å². The summed E-state index contributed by atoms with van der Waals surface area (Å²) in [4.78, 5) is 0. The fourth-order valence-electron chi connectivity index (χ4n) is 0.909. The fraction of sp³-hybridized carbons (Fsp3) is 1.00. The molecule has 0 fully saturated rings.